The Kier molecular flexibility index (Phi) is 3.50. The lowest BCUT2D eigenvalue weighted by Crippen LogP contribution is -2.30. The van der Waals surface area contributed by atoms with Crippen LogP contribution in [-0.4, -0.2) is 18.1 Å². The molecule has 0 bridgehead atoms. The van der Waals surface area contributed by atoms with E-state index in [1.54, 1.807) is 0 Å². The minimum atomic E-state index is -0.364. The second kappa shape index (κ2) is 5.33. The zero-order chi connectivity index (χ0) is 14.9. The summed E-state index contributed by atoms with van der Waals surface area (Å²) in [4.78, 5) is 14.4. The zero-order valence-electron chi connectivity index (χ0n) is 12.3. The first kappa shape index (κ1) is 13.8. The van der Waals surface area contributed by atoms with Crippen LogP contribution in [0.15, 0.2) is 28.4 Å². The van der Waals surface area contributed by atoms with Crippen LogP contribution in [-0.2, 0) is 11.2 Å². The maximum atomic E-state index is 12.5. The largest absolute Gasteiger partial charge is 0.312 e. The minimum Gasteiger partial charge on any atom is -0.312 e. The Labute approximate surface area is 125 Å². The van der Waals surface area contributed by atoms with Crippen molar-refractivity contribution in [3.63, 3.8) is 0 Å². The first-order chi connectivity index (χ1) is 10.1. The van der Waals surface area contributed by atoms with Crippen molar-refractivity contribution >= 4 is 11.6 Å². The van der Waals surface area contributed by atoms with Gasteiger partial charge in [-0.3, -0.25) is 4.79 Å². The molecule has 0 atom stereocenters. The van der Waals surface area contributed by atoms with Gasteiger partial charge in [-0.15, -0.1) is 12.3 Å². The summed E-state index contributed by atoms with van der Waals surface area (Å²) in [6.45, 7) is 2.83. The Bertz CT molecular complexity index is 636. The molecule has 0 saturated heterocycles. The van der Waals surface area contributed by atoms with E-state index in [0.717, 1.165) is 25.1 Å². The number of amides is 1. The molecule has 108 valence electrons. The number of carbonyl (C=O) groups excluding carboxylic acids is 1. The molecule has 1 aromatic carbocycles. The molecule has 0 fully saturated rings. The van der Waals surface area contributed by atoms with Crippen LogP contribution in [0.2, 0.25) is 0 Å². The van der Waals surface area contributed by atoms with E-state index in [4.69, 9.17) is 6.42 Å². The summed E-state index contributed by atoms with van der Waals surface area (Å²) in [7, 11) is 0. The van der Waals surface area contributed by atoms with Gasteiger partial charge in [0.05, 0.1) is 0 Å². The van der Waals surface area contributed by atoms with Crippen LogP contribution in [0.1, 0.15) is 36.8 Å². The Morgan fingerprint density at radius 1 is 1.43 bits per heavy atom. The van der Waals surface area contributed by atoms with Gasteiger partial charge >= 0.3 is 0 Å². The molecule has 1 amide bonds. The number of nitrogens with zero attached hydrogens (tertiary/aromatic N) is 3. The molecule has 2 aliphatic rings. The topological polar surface area (TPSA) is 45.0 Å². The van der Waals surface area contributed by atoms with Crippen LogP contribution < -0.4 is 4.90 Å². The first-order valence-corrected chi connectivity index (χ1v) is 7.41. The number of hydrogen-bond donors (Lipinski definition) is 0. The number of terminal acetylenes is 1. The zero-order valence-corrected chi connectivity index (χ0v) is 12.3. The van der Waals surface area contributed by atoms with E-state index in [-0.39, 0.29) is 11.6 Å². The molecule has 1 aromatic rings. The number of fused-ring (bicyclic) bond motifs is 1. The van der Waals surface area contributed by atoms with Crippen LogP contribution in [0, 0.1) is 19.3 Å². The molecule has 0 N–H and O–H groups in total. The van der Waals surface area contributed by atoms with E-state index in [1.807, 2.05) is 4.90 Å². The number of benzene rings is 1. The third-order valence-corrected chi connectivity index (χ3v) is 4.23. The highest BCUT2D eigenvalue weighted by Crippen LogP contribution is 2.38. The second-order valence-corrected chi connectivity index (χ2v) is 5.81. The monoisotopic (exact) mass is 281 g/mol. The SMILES string of the molecule is C#CCCC1(CCC(=O)N2CCc3ccc(C)cc32)N=N1. The van der Waals surface area contributed by atoms with Crippen LogP contribution in [0.3, 0.4) is 0 Å². The van der Waals surface area contributed by atoms with E-state index in [0.29, 0.717) is 19.3 Å². The van der Waals surface area contributed by atoms with Gasteiger partial charge in [0, 0.05) is 37.9 Å². The summed E-state index contributed by atoms with van der Waals surface area (Å²) >= 11 is 0. The van der Waals surface area contributed by atoms with E-state index >= 15 is 0 Å². The molecule has 0 radical (unpaired) electrons. The molecular weight excluding hydrogens is 262 g/mol. The molecule has 21 heavy (non-hydrogen) atoms. The van der Waals surface area contributed by atoms with Crippen LogP contribution in [0.25, 0.3) is 0 Å². The summed E-state index contributed by atoms with van der Waals surface area (Å²) in [6.07, 6.45) is 8.79. The fourth-order valence-corrected chi connectivity index (χ4v) is 2.86. The van der Waals surface area contributed by atoms with Gasteiger partial charge in [-0.1, -0.05) is 12.1 Å². The van der Waals surface area contributed by atoms with Crippen molar-refractivity contribution in [2.24, 2.45) is 10.2 Å². The number of aryl methyl sites for hydroxylation is 1. The average Bonchev–Trinajstić information content (AvgIpc) is 3.14. The van der Waals surface area contributed by atoms with Crippen LogP contribution in [0.4, 0.5) is 5.69 Å². The molecule has 0 aliphatic carbocycles. The van der Waals surface area contributed by atoms with E-state index < -0.39 is 0 Å². The van der Waals surface area contributed by atoms with Crippen molar-refractivity contribution in [2.45, 2.75) is 44.7 Å². The second-order valence-electron chi connectivity index (χ2n) is 5.81. The van der Waals surface area contributed by atoms with Crippen LogP contribution in [0.5, 0.6) is 0 Å². The fraction of sp³-hybridized carbons (Fsp3) is 0.471. The lowest BCUT2D eigenvalue weighted by Gasteiger charge is -2.18. The number of hydrogen-bond acceptors (Lipinski definition) is 3. The van der Waals surface area contributed by atoms with Crippen molar-refractivity contribution in [3.05, 3.63) is 29.3 Å². The quantitative estimate of drug-likeness (QED) is 0.764. The first-order valence-electron chi connectivity index (χ1n) is 7.41. The van der Waals surface area contributed by atoms with Gasteiger partial charge in [0.2, 0.25) is 5.91 Å². The van der Waals surface area contributed by atoms with Gasteiger partial charge in [0.15, 0.2) is 5.66 Å². The minimum absolute atomic E-state index is 0.164. The Hall–Kier alpha value is -2.15. The van der Waals surface area contributed by atoms with Crippen molar-refractivity contribution in [2.75, 3.05) is 11.4 Å². The summed E-state index contributed by atoms with van der Waals surface area (Å²) in [6, 6.07) is 6.32. The lowest BCUT2D eigenvalue weighted by atomic mass is 10.0. The van der Waals surface area contributed by atoms with Crippen molar-refractivity contribution < 1.29 is 4.79 Å². The van der Waals surface area contributed by atoms with Crippen LogP contribution >= 0.6 is 0 Å². The standard InChI is InChI=1S/C17H19N3O/c1-3-4-9-17(18-19-17)10-7-16(21)20-11-8-14-6-5-13(2)12-15(14)20/h1,5-6,12H,4,7-11H2,2H3. The molecule has 0 unspecified atom stereocenters. The van der Waals surface area contributed by atoms with E-state index in [1.165, 1.54) is 11.1 Å². The van der Waals surface area contributed by atoms with Gasteiger partial charge < -0.3 is 4.90 Å². The Balaban J connectivity index is 1.61. The third-order valence-electron chi connectivity index (χ3n) is 4.23. The average molecular weight is 281 g/mol. The molecule has 0 spiro atoms. The predicted molar refractivity (Wildman–Crippen MR) is 82.1 cm³/mol. The summed E-state index contributed by atoms with van der Waals surface area (Å²) in [5.41, 5.74) is 3.15. The van der Waals surface area contributed by atoms with E-state index in [9.17, 15) is 4.79 Å². The maximum absolute atomic E-state index is 12.5. The molecule has 2 heterocycles. The summed E-state index contributed by atoms with van der Waals surface area (Å²) < 4.78 is 0. The number of anilines is 1. The molecule has 0 saturated carbocycles. The van der Waals surface area contributed by atoms with Gasteiger partial charge in [-0.2, -0.15) is 10.2 Å². The Morgan fingerprint density at radius 3 is 2.95 bits per heavy atom. The molecule has 0 aromatic heterocycles. The van der Waals surface area contributed by atoms with Gasteiger partial charge in [-0.05, 0) is 30.5 Å². The highest BCUT2D eigenvalue weighted by atomic mass is 16.2. The predicted octanol–water partition coefficient (Wildman–Crippen LogP) is 3.24. The fourth-order valence-electron chi connectivity index (χ4n) is 2.86. The van der Waals surface area contributed by atoms with Crippen molar-refractivity contribution in [1.29, 1.82) is 0 Å². The Morgan fingerprint density at radius 2 is 2.24 bits per heavy atom. The normalized spacial score (nSPS) is 17.4. The molecular formula is C17H19N3O. The maximum Gasteiger partial charge on any atom is 0.227 e. The highest BCUT2D eigenvalue weighted by molar-refractivity contribution is 5.95. The van der Waals surface area contributed by atoms with Gasteiger partial charge in [0.25, 0.3) is 0 Å². The molecule has 3 rings (SSSR count). The molecule has 2 aliphatic heterocycles. The summed E-state index contributed by atoms with van der Waals surface area (Å²) in [5.74, 6) is 2.77. The summed E-state index contributed by atoms with van der Waals surface area (Å²) in [5, 5.41) is 8.17. The van der Waals surface area contributed by atoms with Crippen molar-refractivity contribution in [3.8, 4) is 12.3 Å². The third kappa shape index (κ3) is 2.82. The molecule has 4 nitrogen and oxygen atoms in total. The smallest absolute Gasteiger partial charge is 0.227 e. The number of carbonyl (C=O) groups is 1. The molecule has 4 heteroatoms. The van der Waals surface area contributed by atoms with Crippen molar-refractivity contribution in [1.82, 2.24) is 0 Å². The number of rotatable bonds is 5. The van der Waals surface area contributed by atoms with Gasteiger partial charge in [-0.25, -0.2) is 0 Å². The highest BCUT2D eigenvalue weighted by Gasteiger charge is 2.40. The van der Waals surface area contributed by atoms with Gasteiger partial charge in [0.1, 0.15) is 0 Å². The lowest BCUT2D eigenvalue weighted by molar-refractivity contribution is -0.118. The van der Waals surface area contributed by atoms with E-state index in [2.05, 4.69) is 41.3 Å².